The van der Waals surface area contributed by atoms with Gasteiger partial charge in [-0.05, 0) is 50.4 Å². The lowest BCUT2D eigenvalue weighted by molar-refractivity contribution is 0.244. The topological polar surface area (TPSA) is 6.48 Å². The summed E-state index contributed by atoms with van der Waals surface area (Å²) in [6.07, 6.45) is 15.2. The molecule has 2 saturated carbocycles. The second-order valence-corrected chi connectivity index (χ2v) is 12.9. The van der Waals surface area contributed by atoms with Gasteiger partial charge in [-0.3, -0.25) is 9.34 Å². The molecule has 0 aromatic rings. The van der Waals surface area contributed by atoms with E-state index in [-0.39, 0.29) is 8.22 Å². The third kappa shape index (κ3) is 2.24. The number of hydrogen-bond acceptors (Lipinski definition) is 2. The summed E-state index contributed by atoms with van der Waals surface area (Å²) in [5.74, 6) is 2.09. The van der Waals surface area contributed by atoms with Gasteiger partial charge in [0.25, 0.3) is 0 Å². The van der Waals surface area contributed by atoms with E-state index in [1.165, 1.54) is 51.4 Å². The van der Waals surface area contributed by atoms with E-state index in [2.05, 4.69) is 30.1 Å². The third-order valence-corrected chi connectivity index (χ3v) is 10.9. The van der Waals surface area contributed by atoms with E-state index in [4.69, 9.17) is 0 Å². The van der Waals surface area contributed by atoms with Crippen LogP contribution < -0.4 is 0 Å². The van der Waals surface area contributed by atoms with Crippen molar-refractivity contribution in [1.82, 2.24) is 9.34 Å². The van der Waals surface area contributed by atoms with E-state index in [0.717, 1.165) is 36.0 Å². The Labute approximate surface area is 144 Å². The Morgan fingerprint density at radius 1 is 0.652 bits per heavy atom. The highest BCUT2D eigenvalue weighted by Crippen LogP contribution is 2.72. The van der Waals surface area contributed by atoms with Crippen LogP contribution in [0.25, 0.3) is 0 Å². The SMILES string of the molecule is CC(C)(C)P1N2C3CCCCC3CC2C2CC3CCCCC3N21. The predicted octanol–water partition coefficient (Wildman–Crippen LogP) is 5.38. The van der Waals surface area contributed by atoms with Crippen LogP contribution in [0, 0.1) is 11.8 Å². The van der Waals surface area contributed by atoms with Gasteiger partial charge in [-0.25, -0.2) is 0 Å². The molecule has 5 aliphatic rings. The summed E-state index contributed by atoms with van der Waals surface area (Å²) < 4.78 is 6.29. The van der Waals surface area contributed by atoms with E-state index in [1.54, 1.807) is 12.8 Å². The molecule has 2 nitrogen and oxygen atoms in total. The van der Waals surface area contributed by atoms with Gasteiger partial charge in [0.2, 0.25) is 0 Å². The average molecular weight is 334 g/mol. The molecule has 3 heteroatoms. The highest BCUT2D eigenvalue weighted by molar-refractivity contribution is 7.54. The first-order valence-electron chi connectivity index (χ1n) is 10.4. The minimum atomic E-state index is -0.0874. The zero-order valence-corrected chi connectivity index (χ0v) is 16.3. The van der Waals surface area contributed by atoms with Crippen molar-refractivity contribution in [2.24, 2.45) is 11.8 Å². The molecule has 5 fully saturated rings. The molecular formula is C20H35N2P. The normalized spacial score (nSPS) is 50.5. The first-order valence-corrected chi connectivity index (χ1v) is 11.7. The minimum Gasteiger partial charge on any atom is -0.261 e. The molecule has 3 aliphatic heterocycles. The molecule has 3 heterocycles. The molecule has 2 aliphatic carbocycles. The van der Waals surface area contributed by atoms with Gasteiger partial charge in [-0.15, -0.1) is 0 Å². The fourth-order valence-electron chi connectivity index (χ4n) is 6.99. The lowest BCUT2D eigenvalue weighted by Gasteiger charge is -2.46. The van der Waals surface area contributed by atoms with Crippen molar-refractivity contribution in [1.29, 1.82) is 0 Å². The van der Waals surface area contributed by atoms with Crippen LogP contribution in [0.15, 0.2) is 0 Å². The van der Waals surface area contributed by atoms with Gasteiger partial charge < -0.3 is 0 Å². The van der Waals surface area contributed by atoms with Crippen molar-refractivity contribution >= 4 is 8.22 Å². The number of rotatable bonds is 0. The van der Waals surface area contributed by atoms with E-state index in [1.807, 2.05) is 0 Å². The fourth-order valence-corrected chi connectivity index (χ4v) is 10.8. The van der Waals surface area contributed by atoms with Crippen molar-refractivity contribution < 1.29 is 0 Å². The Kier molecular flexibility index (Phi) is 3.68. The first kappa shape index (κ1) is 15.6. The van der Waals surface area contributed by atoms with Gasteiger partial charge in [-0.2, -0.15) is 0 Å². The maximum Gasteiger partial charge on any atom is 0.0463 e. The maximum atomic E-state index is 3.15. The van der Waals surface area contributed by atoms with Gasteiger partial charge in [-0.1, -0.05) is 46.5 Å². The first-order chi connectivity index (χ1) is 11.1. The van der Waals surface area contributed by atoms with Crippen LogP contribution in [0.3, 0.4) is 0 Å². The van der Waals surface area contributed by atoms with Crippen LogP contribution in [0.4, 0.5) is 0 Å². The predicted molar refractivity (Wildman–Crippen MR) is 98.7 cm³/mol. The van der Waals surface area contributed by atoms with Gasteiger partial charge in [0.05, 0.1) is 0 Å². The molecule has 0 N–H and O–H groups in total. The van der Waals surface area contributed by atoms with Crippen LogP contribution in [0.1, 0.15) is 85.0 Å². The highest BCUT2D eigenvalue weighted by atomic mass is 31.1. The summed E-state index contributed by atoms with van der Waals surface area (Å²) in [4.78, 5) is 0. The summed E-state index contributed by atoms with van der Waals surface area (Å²) in [5.41, 5.74) is 0. The van der Waals surface area contributed by atoms with Crippen molar-refractivity contribution in [3.63, 3.8) is 0 Å². The highest BCUT2D eigenvalue weighted by Gasteiger charge is 2.63. The molecular weight excluding hydrogens is 299 g/mol. The van der Waals surface area contributed by atoms with Gasteiger partial charge in [0, 0.05) is 37.5 Å². The van der Waals surface area contributed by atoms with Crippen LogP contribution in [-0.2, 0) is 0 Å². The Bertz CT molecular complexity index is 437. The van der Waals surface area contributed by atoms with Crippen molar-refractivity contribution in [3.8, 4) is 0 Å². The Balaban J connectivity index is 1.52. The molecule has 5 rings (SSSR count). The molecule has 23 heavy (non-hydrogen) atoms. The summed E-state index contributed by atoms with van der Waals surface area (Å²) in [6.45, 7) is 7.64. The third-order valence-electron chi connectivity index (χ3n) is 7.67. The Morgan fingerprint density at radius 2 is 1.09 bits per heavy atom. The monoisotopic (exact) mass is 334 g/mol. The zero-order valence-electron chi connectivity index (χ0n) is 15.4. The molecule has 0 bridgehead atoms. The molecule has 0 radical (unpaired) electrons. The molecule has 6 unspecified atom stereocenters. The molecule has 6 atom stereocenters. The van der Waals surface area contributed by atoms with Crippen molar-refractivity contribution in [2.75, 3.05) is 0 Å². The summed E-state index contributed by atoms with van der Waals surface area (Å²) in [5, 5.41) is 0.459. The standard InChI is InChI=1S/C20H35N2P/c1-20(2,3)23-21-16-10-6-4-8-14(16)12-18(21)19-13-15-9-5-7-11-17(15)22(19)23/h14-19H,4-13H2,1-3H3. The summed E-state index contributed by atoms with van der Waals surface area (Å²) in [7, 11) is -0.0874. The second kappa shape index (κ2) is 5.42. The van der Waals surface area contributed by atoms with Crippen molar-refractivity contribution in [3.05, 3.63) is 0 Å². The molecule has 0 aromatic carbocycles. The molecule has 0 aromatic heterocycles. The van der Waals surface area contributed by atoms with Crippen LogP contribution in [0.5, 0.6) is 0 Å². The molecule has 130 valence electrons. The lowest BCUT2D eigenvalue weighted by Crippen LogP contribution is -2.40. The fraction of sp³-hybridized carbons (Fsp3) is 1.00. The van der Waals surface area contributed by atoms with Crippen LogP contribution in [0.2, 0.25) is 0 Å². The van der Waals surface area contributed by atoms with E-state index < -0.39 is 0 Å². The van der Waals surface area contributed by atoms with Crippen LogP contribution in [-0.4, -0.2) is 38.7 Å². The molecule has 3 saturated heterocycles. The van der Waals surface area contributed by atoms with Crippen LogP contribution >= 0.6 is 8.22 Å². The van der Waals surface area contributed by atoms with E-state index in [0.29, 0.717) is 5.16 Å². The lowest BCUT2D eigenvalue weighted by atomic mass is 9.83. The second-order valence-electron chi connectivity index (χ2n) is 10.1. The van der Waals surface area contributed by atoms with Crippen molar-refractivity contribution in [2.45, 2.75) is 114 Å². The van der Waals surface area contributed by atoms with Gasteiger partial charge in [0.15, 0.2) is 0 Å². The quantitative estimate of drug-likeness (QED) is 0.549. The van der Waals surface area contributed by atoms with E-state index in [9.17, 15) is 0 Å². The van der Waals surface area contributed by atoms with Gasteiger partial charge >= 0.3 is 0 Å². The number of hydrogen-bond donors (Lipinski definition) is 0. The summed E-state index contributed by atoms with van der Waals surface area (Å²) >= 11 is 0. The smallest absolute Gasteiger partial charge is 0.0463 e. The zero-order chi connectivity index (χ0) is 15.8. The minimum absolute atomic E-state index is 0.0874. The number of nitrogens with zero attached hydrogens (tertiary/aromatic N) is 2. The Morgan fingerprint density at radius 3 is 1.52 bits per heavy atom. The Hall–Kier alpha value is 0.350. The van der Waals surface area contributed by atoms with Gasteiger partial charge in [0.1, 0.15) is 0 Å². The largest absolute Gasteiger partial charge is 0.261 e. The average Bonchev–Trinajstić information content (AvgIpc) is 3.13. The van der Waals surface area contributed by atoms with E-state index >= 15 is 0 Å². The number of fused-ring (bicyclic) bond motifs is 7. The maximum absolute atomic E-state index is 3.15. The molecule has 0 spiro atoms. The molecule has 0 amide bonds. The summed E-state index contributed by atoms with van der Waals surface area (Å²) in [6, 6.07) is 3.76.